The van der Waals surface area contributed by atoms with Crippen molar-refractivity contribution in [1.29, 1.82) is 0 Å². The standard InChI is InChI=1S/C16H25N3O2/c1-12-14(9-10-21-12)19(3)11-16(18-2,15(17)20)13-7-5-4-6-8-13/h4-8,12,14,18H,9-11H2,1-3H3,(H2,17,20). The van der Waals surface area contributed by atoms with Crippen molar-refractivity contribution in [2.24, 2.45) is 5.73 Å². The Morgan fingerprint density at radius 2 is 2.14 bits per heavy atom. The number of likely N-dealkylation sites (N-methyl/N-ethyl adjacent to an activating group) is 2. The van der Waals surface area contributed by atoms with Gasteiger partial charge >= 0.3 is 0 Å². The third-order valence-corrected chi connectivity index (χ3v) is 4.50. The molecule has 0 spiro atoms. The molecule has 1 aromatic carbocycles. The highest BCUT2D eigenvalue weighted by atomic mass is 16.5. The Balaban J connectivity index is 2.27. The van der Waals surface area contributed by atoms with Gasteiger partial charge in [0, 0.05) is 19.2 Å². The van der Waals surface area contributed by atoms with Gasteiger partial charge in [-0.15, -0.1) is 0 Å². The van der Waals surface area contributed by atoms with Crippen LogP contribution >= 0.6 is 0 Å². The zero-order valence-corrected chi connectivity index (χ0v) is 13.0. The van der Waals surface area contributed by atoms with Gasteiger partial charge in [-0.2, -0.15) is 0 Å². The lowest BCUT2D eigenvalue weighted by atomic mass is 9.88. The number of nitrogens with zero attached hydrogens (tertiary/aromatic N) is 1. The minimum atomic E-state index is -0.891. The number of nitrogens with one attached hydrogen (secondary N) is 1. The molecule has 0 radical (unpaired) electrons. The lowest BCUT2D eigenvalue weighted by molar-refractivity contribution is -0.125. The number of primary amides is 1. The van der Waals surface area contributed by atoms with Crippen molar-refractivity contribution in [2.75, 3.05) is 27.2 Å². The molecule has 2 rings (SSSR count). The molecule has 1 amide bonds. The number of benzene rings is 1. The van der Waals surface area contributed by atoms with Gasteiger partial charge in [0.25, 0.3) is 0 Å². The van der Waals surface area contributed by atoms with E-state index in [-0.39, 0.29) is 12.0 Å². The summed E-state index contributed by atoms with van der Waals surface area (Å²) in [5.41, 5.74) is 5.73. The highest BCUT2D eigenvalue weighted by Gasteiger charge is 2.40. The molecule has 3 unspecified atom stereocenters. The van der Waals surface area contributed by atoms with E-state index >= 15 is 0 Å². The fourth-order valence-corrected chi connectivity index (χ4v) is 3.17. The van der Waals surface area contributed by atoms with Crippen LogP contribution in [0.5, 0.6) is 0 Å². The fraction of sp³-hybridized carbons (Fsp3) is 0.562. The van der Waals surface area contributed by atoms with Crippen molar-refractivity contribution in [3.63, 3.8) is 0 Å². The van der Waals surface area contributed by atoms with E-state index in [1.165, 1.54) is 0 Å². The maximum atomic E-state index is 12.2. The molecule has 116 valence electrons. The number of nitrogens with two attached hydrogens (primary N) is 1. The minimum Gasteiger partial charge on any atom is -0.377 e. The molecule has 0 aliphatic carbocycles. The molecule has 1 aliphatic rings. The Morgan fingerprint density at radius 1 is 1.48 bits per heavy atom. The summed E-state index contributed by atoms with van der Waals surface area (Å²) >= 11 is 0. The largest absolute Gasteiger partial charge is 0.377 e. The summed E-state index contributed by atoms with van der Waals surface area (Å²) in [6.07, 6.45) is 1.15. The van der Waals surface area contributed by atoms with E-state index in [0.717, 1.165) is 18.6 Å². The van der Waals surface area contributed by atoms with Crippen molar-refractivity contribution < 1.29 is 9.53 Å². The smallest absolute Gasteiger partial charge is 0.243 e. The monoisotopic (exact) mass is 291 g/mol. The van der Waals surface area contributed by atoms with E-state index in [2.05, 4.69) is 17.1 Å². The van der Waals surface area contributed by atoms with Crippen LogP contribution < -0.4 is 11.1 Å². The van der Waals surface area contributed by atoms with Gasteiger partial charge in [0.15, 0.2) is 0 Å². The molecule has 1 heterocycles. The van der Waals surface area contributed by atoms with Crippen LogP contribution in [0.15, 0.2) is 30.3 Å². The first-order chi connectivity index (χ1) is 10.0. The Hall–Kier alpha value is -1.43. The molecule has 0 bridgehead atoms. The quantitative estimate of drug-likeness (QED) is 0.809. The SMILES string of the molecule is CNC(CN(C)C1CCOC1C)(C(N)=O)c1ccccc1. The van der Waals surface area contributed by atoms with Crippen LogP contribution in [0.2, 0.25) is 0 Å². The molecule has 1 aliphatic heterocycles. The molecular formula is C16H25N3O2. The number of rotatable bonds is 6. The van der Waals surface area contributed by atoms with Gasteiger partial charge < -0.3 is 15.8 Å². The normalized spacial score (nSPS) is 25.0. The number of carbonyl (C=O) groups is 1. The van der Waals surface area contributed by atoms with Crippen molar-refractivity contribution in [2.45, 2.75) is 31.0 Å². The van der Waals surface area contributed by atoms with Crippen LogP contribution in [0.25, 0.3) is 0 Å². The second-order valence-corrected chi connectivity index (χ2v) is 5.73. The Morgan fingerprint density at radius 3 is 2.62 bits per heavy atom. The molecule has 1 saturated heterocycles. The Bertz CT molecular complexity index is 480. The van der Waals surface area contributed by atoms with Crippen molar-refractivity contribution >= 4 is 5.91 Å². The molecular weight excluding hydrogens is 266 g/mol. The molecule has 0 aromatic heterocycles. The second kappa shape index (κ2) is 6.56. The summed E-state index contributed by atoms with van der Waals surface area (Å²) in [4.78, 5) is 14.4. The molecule has 1 fully saturated rings. The van der Waals surface area contributed by atoms with Crippen LogP contribution in [-0.2, 0) is 15.1 Å². The lowest BCUT2D eigenvalue weighted by Gasteiger charge is -2.37. The van der Waals surface area contributed by atoms with Gasteiger partial charge in [-0.05, 0) is 33.0 Å². The minimum absolute atomic E-state index is 0.174. The third-order valence-electron chi connectivity index (χ3n) is 4.50. The number of hydrogen-bond donors (Lipinski definition) is 2. The average molecular weight is 291 g/mol. The lowest BCUT2D eigenvalue weighted by Crippen LogP contribution is -2.59. The summed E-state index contributed by atoms with van der Waals surface area (Å²) < 4.78 is 5.62. The fourth-order valence-electron chi connectivity index (χ4n) is 3.17. The number of ether oxygens (including phenoxy) is 1. The number of carbonyl (C=O) groups excluding carboxylic acids is 1. The maximum absolute atomic E-state index is 12.2. The van der Waals surface area contributed by atoms with Crippen LogP contribution in [-0.4, -0.2) is 50.2 Å². The summed E-state index contributed by atoms with van der Waals surface area (Å²) in [6.45, 7) is 3.36. The van der Waals surface area contributed by atoms with Crippen LogP contribution in [0, 0.1) is 0 Å². The first-order valence-corrected chi connectivity index (χ1v) is 7.37. The molecule has 3 N–H and O–H groups in total. The Labute approximate surface area is 126 Å². The summed E-state index contributed by atoms with van der Waals surface area (Å²) in [6, 6.07) is 9.95. The van der Waals surface area contributed by atoms with Gasteiger partial charge in [0.1, 0.15) is 5.54 Å². The zero-order chi connectivity index (χ0) is 15.5. The van der Waals surface area contributed by atoms with Gasteiger partial charge in [-0.1, -0.05) is 30.3 Å². The highest BCUT2D eigenvalue weighted by Crippen LogP contribution is 2.25. The average Bonchev–Trinajstić information content (AvgIpc) is 2.91. The molecule has 3 atom stereocenters. The summed E-state index contributed by atoms with van der Waals surface area (Å²) in [7, 11) is 3.80. The van der Waals surface area contributed by atoms with E-state index in [0.29, 0.717) is 12.6 Å². The van der Waals surface area contributed by atoms with Crippen LogP contribution in [0.3, 0.4) is 0 Å². The topological polar surface area (TPSA) is 67.6 Å². The van der Waals surface area contributed by atoms with Crippen molar-refractivity contribution in [3.8, 4) is 0 Å². The molecule has 1 aromatic rings. The number of hydrogen-bond acceptors (Lipinski definition) is 4. The van der Waals surface area contributed by atoms with Crippen LogP contribution in [0.4, 0.5) is 0 Å². The van der Waals surface area contributed by atoms with Crippen molar-refractivity contribution in [1.82, 2.24) is 10.2 Å². The highest BCUT2D eigenvalue weighted by molar-refractivity contribution is 5.86. The summed E-state index contributed by atoms with van der Waals surface area (Å²) in [5.74, 6) is -0.366. The van der Waals surface area contributed by atoms with E-state index in [1.807, 2.05) is 37.4 Å². The van der Waals surface area contributed by atoms with Gasteiger partial charge in [0.05, 0.1) is 6.10 Å². The van der Waals surface area contributed by atoms with E-state index < -0.39 is 5.54 Å². The molecule has 5 nitrogen and oxygen atoms in total. The predicted molar refractivity (Wildman–Crippen MR) is 82.8 cm³/mol. The molecule has 0 saturated carbocycles. The molecule has 21 heavy (non-hydrogen) atoms. The summed E-state index contributed by atoms with van der Waals surface area (Å²) in [5, 5.41) is 3.14. The Kier molecular flexibility index (Phi) is 4.98. The van der Waals surface area contributed by atoms with E-state index in [1.54, 1.807) is 7.05 Å². The van der Waals surface area contributed by atoms with Gasteiger partial charge in [-0.25, -0.2) is 0 Å². The second-order valence-electron chi connectivity index (χ2n) is 5.73. The van der Waals surface area contributed by atoms with Gasteiger partial charge in [-0.3, -0.25) is 9.69 Å². The first kappa shape index (κ1) is 15.9. The van der Waals surface area contributed by atoms with Crippen LogP contribution in [0.1, 0.15) is 18.9 Å². The van der Waals surface area contributed by atoms with Gasteiger partial charge in [0.2, 0.25) is 5.91 Å². The maximum Gasteiger partial charge on any atom is 0.243 e. The van der Waals surface area contributed by atoms with Crippen molar-refractivity contribution in [3.05, 3.63) is 35.9 Å². The third kappa shape index (κ3) is 3.10. The first-order valence-electron chi connectivity index (χ1n) is 7.37. The van der Waals surface area contributed by atoms with E-state index in [4.69, 9.17) is 10.5 Å². The number of amides is 1. The molecule has 5 heteroatoms. The predicted octanol–water partition coefficient (Wildman–Crippen LogP) is 0.696. The van der Waals surface area contributed by atoms with E-state index in [9.17, 15) is 4.79 Å². The zero-order valence-electron chi connectivity index (χ0n) is 13.0.